The maximum absolute atomic E-state index is 12.9. The van der Waals surface area contributed by atoms with Crippen LogP contribution < -0.4 is 10.3 Å². The summed E-state index contributed by atoms with van der Waals surface area (Å²) in [6, 6.07) is 7.13. The quantitative estimate of drug-likeness (QED) is 0.373. The maximum atomic E-state index is 12.9. The number of methoxy groups -OCH3 is 1. The van der Waals surface area contributed by atoms with Crippen LogP contribution in [0.4, 0.5) is 0 Å². The SMILES string of the molecule is COc1ccc(C(=O)C2CCN(C(C=O)CCCN(C)Cc3nc4c(c(=O)[nH]3)COCC4)CC2)cc1. The molecule has 1 N–H and O–H groups in total. The van der Waals surface area contributed by atoms with Gasteiger partial charge in [0.15, 0.2) is 5.78 Å². The number of piperidine rings is 1. The van der Waals surface area contributed by atoms with Crippen molar-refractivity contribution in [3.05, 3.63) is 57.3 Å². The number of benzene rings is 1. The van der Waals surface area contributed by atoms with Gasteiger partial charge in [0.2, 0.25) is 0 Å². The molecular formula is C27H36N4O5. The van der Waals surface area contributed by atoms with Crippen LogP contribution in [0, 0.1) is 5.92 Å². The Bertz CT molecular complexity index is 1090. The van der Waals surface area contributed by atoms with Gasteiger partial charge in [-0.2, -0.15) is 0 Å². The van der Waals surface area contributed by atoms with Gasteiger partial charge >= 0.3 is 0 Å². The van der Waals surface area contributed by atoms with E-state index in [1.54, 1.807) is 7.11 Å². The number of carbonyl (C=O) groups is 2. The summed E-state index contributed by atoms with van der Waals surface area (Å²) >= 11 is 0. The summed E-state index contributed by atoms with van der Waals surface area (Å²) in [6.07, 6.45) is 4.84. The number of H-pyrrole nitrogens is 1. The van der Waals surface area contributed by atoms with Crippen molar-refractivity contribution in [1.29, 1.82) is 0 Å². The molecule has 0 amide bonds. The summed E-state index contributed by atoms with van der Waals surface area (Å²) in [4.78, 5) is 48.8. The smallest absolute Gasteiger partial charge is 0.256 e. The monoisotopic (exact) mass is 496 g/mol. The van der Waals surface area contributed by atoms with Crippen LogP contribution in [0.1, 0.15) is 53.1 Å². The number of hydrogen-bond acceptors (Lipinski definition) is 8. The predicted molar refractivity (Wildman–Crippen MR) is 135 cm³/mol. The molecule has 0 bridgehead atoms. The third kappa shape index (κ3) is 6.46. The number of likely N-dealkylation sites (tertiary alicyclic amines) is 1. The Morgan fingerprint density at radius 1 is 1.31 bits per heavy atom. The highest BCUT2D eigenvalue weighted by Gasteiger charge is 2.29. The van der Waals surface area contributed by atoms with E-state index in [4.69, 9.17) is 9.47 Å². The lowest BCUT2D eigenvalue weighted by atomic mass is 9.88. The van der Waals surface area contributed by atoms with Crippen LogP contribution >= 0.6 is 0 Å². The van der Waals surface area contributed by atoms with Gasteiger partial charge in [-0.15, -0.1) is 0 Å². The third-order valence-electron chi connectivity index (χ3n) is 7.24. The minimum atomic E-state index is -0.142. The fourth-order valence-corrected chi connectivity index (χ4v) is 5.10. The van der Waals surface area contributed by atoms with Crippen molar-refractivity contribution in [2.75, 3.05) is 40.4 Å². The van der Waals surface area contributed by atoms with E-state index < -0.39 is 0 Å². The lowest BCUT2D eigenvalue weighted by Gasteiger charge is -2.35. The Balaban J connectivity index is 1.21. The zero-order valence-electron chi connectivity index (χ0n) is 21.2. The van der Waals surface area contributed by atoms with Gasteiger partial charge in [0.1, 0.15) is 17.9 Å². The first-order chi connectivity index (χ1) is 17.5. The van der Waals surface area contributed by atoms with Crippen LogP contribution in [-0.2, 0) is 29.1 Å². The van der Waals surface area contributed by atoms with Gasteiger partial charge in [-0.25, -0.2) is 4.98 Å². The van der Waals surface area contributed by atoms with Crippen molar-refractivity contribution in [1.82, 2.24) is 19.8 Å². The van der Waals surface area contributed by atoms with E-state index in [-0.39, 0.29) is 23.3 Å². The van der Waals surface area contributed by atoms with E-state index in [0.29, 0.717) is 43.1 Å². The Morgan fingerprint density at radius 3 is 2.75 bits per heavy atom. The molecule has 0 radical (unpaired) electrons. The number of fused-ring (bicyclic) bond motifs is 1. The topological polar surface area (TPSA) is 105 Å². The van der Waals surface area contributed by atoms with E-state index in [2.05, 4.69) is 19.8 Å². The molecule has 1 unspecified atom stereocenters. The molecule has 194 valence electrons. The minimum Gasteiger partial charge on any atom is -0.497 e. The van der Waals surface area contributed by atoms with E-state index in [1.807, 2.05) is 31.3 Å². The number of ether oxygens (including phenoxy) is 2. The molecule has 1 aromatic carbocycles. The summed E-state index contributed by atoms with van der Waals surface area (Å²) in [7, 11) is 3.60. The second kappa shape index (κ2) is 12.4. The molecule has 4 rings (SSSR count). The van der Waals surface area contributed by atoms with E-state index >= 15 is 0 Å². The summed E-state index contributed by atoms with van der Waals surface area (Å²) in [5.74, 6) is 1.57. The number of aldehydes is 1. The summed E-state index contributed by atoms with van der Waals surface area (Å²) < 4.78 is 10.5. The normalized spacial score (nSPS) is 17.5. The number of aromatic amines is 1. The van der Waals surface area contributed by atoms with Crippen LogP contribution in [-0.4, -0.2) is 78.3 Å². The van der Waals surface area contributed by atoms with Crippen molar-refractivity contribution in [3.63, 3.8) is 0 Å². The van der Waals surface area contributed by atoms with E-state index in [9.17, 15) is 14.4 Å². The molecule has 1 aromatic heterocycles. The largest absolute Gasteiger partial charge is 0.497 e. The molecule has 3 heterocycles. The van der Waals surface area contributed by atoms with Gasteiger partial charge in [0, 0.05) is 17.9 Å². The van der Waals surface area contributed by atoms with Crippen molar-refractivity contribution in [3.8, 4) is 5.75 Å². The lowest BCUT2D eigenvalue weighted by Crippen LogP contribution is -2.44. The Labute approximate surface area is 211 Å². The molecule has 9 heteroatoms. The number of nitrogens with one attached hydrogen (secondary N) is 1. The van der Waals surface area contributed by atoms with Crippen LogP contribution in [0.3, 0.4) is 0 Å². The van der Waals surface area contributed by atoms with E-state index in [1.165, 1.54) is 0 Å². The molecule has 0 spiro atoms. The number of Topliss-reactive ketones (excluding diaryl/α,β-unsaturated/α-hetero) is 1. The average Bonchev–Trinajstić information content (AvgIpc) is 2.91. The number of hydrogen-bond donors (Lipinski definition) is 1. The highest BCUT2D eigenvalue weighted by molar-refractivity contribution is 5.98. The molecule has 1 atom stereocenters. The average molecular weight is 497 g/mol. The maximum Gasteiger partial charge on any atom is 0.256 e. The Kier molecular flexibility index (Phi) is 9.01. The number of nitrogens with zero attached hydrogens (tertiary/aromatic N) is 3. The fraction of sp³-hybridized carbons (Fsp3) is 0.556. The fourth-order valence-electron chi connectivity index (χ4n) is 5.10. The highest BCUT2D eigenvalue weighted by atomic mass is 16.5. The zero-order chi connectivity index (χ0) is 25.5. The predicted octanol–water partition coefficient (Wildman–Crippen LogP) is 2.23. The Morgan fingerprint density at radius 2 is 2.06 bits per heavy atom. The third-order valence-corrected chi connectivity index (χ3v) is 7.24. The first-order valence-electron chi connectivity index (χ1n) is 12.7. The molecule has 1 saturated heterocycles. The second-order valence-electron chi connectivity index (χ2n) is 9.73. The number of aromatic nitrogens is 2. The molecule has 2 aliphatic heterocycles. The first-order valence-corrected chi connectivity index (χ1v) is 12.7. The zero-order valence-corrected chi connectivity index (χ0v) is 21.2. The molecule has 1 fully saturated rings. The number of carbonyl (C=O) groups excluding carboxylic acids is 2. The van der Waals surface area contributed by atoms with Crippen LogP contribution in [0.25, 0.3) is 0 Å². The molecule has 2 aromatic rings. The molecule has 9 nitrogen and oxygen atoms in total. The summed E-state index contributed by atoms with van der Waals surface area (Å²) in [5, 5.41) is 0. The van der Waals surface area contributed by atoms with Crippen LogP contribution in [0.15, 0.2) is 29.1 Å². The van der Waals surface area contributed by atoms with Gasteiger partial charge in [-0.05, 0) is 76.6 Å². The van der Waals surface area contributed by atoms with Crippen molar-refractivity contribution < 1.29 is 19.1 Å². The lowest BCUT2D eigenvalue weighted by molar-refractivity contribution is -0.113. The van der Waals surface area contributed by atoms with Crippen LogP contribution in [0.2, 0.25) is 0 Å². The molecule has 36 heavy (non-hydrogen) atoms. The molecule has 0 saturated carbocycles. The van der Waals surface area contributed by atoms with Crippen LogP contribution in [0.5, 0.6) is 5.75 Å². The van der Waals surface area contributed by atoms with Crippen molar-refractivity contribution in [2.45, 2.75) is 51.3 Å². The number of ketones is 1. The van der Waals surface area contributed by atoms with Gasteiger partial charge in [0.25, 0.3) is 5.56 Å². The van der Waals surface area contributed by atoms with Crippen molar-refractivity contribution >= 4 is 12.1 Å². The highest BCUT2D eigenvalue weighted by Crippen LogP contribution is 2.25. The van der Waals surface area contributed by atoms with Gasteiger partial charge in [0.05, 0.1) is 44.2 Å². The second-order valence-corrected chi connectivity index (χ2v) is 9.73. The summed E-state index contributed by atoms with van der Waals surface area (Å²) in [6.45, 7) is 3.76. The minimum absolute atomic E-state index is 0.00841. The standard InChI is InChI=1S/C27H36N4O5/c1-30(16-25-28-24-11-15-36-18-23(24)27(34)29-25)12-3-4-21(17-32)31-13-9-20(10-14-31)26(33)19-5-7-22(35-2)8-6-19/h5-8,17,20-21H,3-4,9-16,18H2,1-2H3,(H,28,29,34). The van der Waals surface area contributed by atoms with Gasteiger partial charge in [-0.1, -0.05) is 0 Å². The summed E-state index contributed by atoms with van der Waals surface area (Å²) in [5.41, 5.74) is 2.07. The van der Waals surface area contributed by atoms with Gasteiger partial charge in [-0.3, -0.25) is 19.4 Å². The molecule has 0 aliphatic carbocycles. The van der Waals surface area contributed by atoms with Gasteiger partial charge < -0.3 is 19.3 Å². The number of rotatable bonds is 11. The first kappa shape index (κ1) is 26.2. The van der Waals surface area contributed by atoms with E-state index in [0.717, 1.165) is 63.0 Å². The van der Waals surface area contributed by atoms with Crippen molar-refractivity contribution in [2.24, 2.45) is 5.92 Å². The molecule has 2 aliphatic rings. The molecular weight excluding hydrogens is 460 g/mol. The Hall–Kier alpha value is -2.88.